The molecule has 4 nitrogen and oxygen atoms in total. The average Bonchev–Trinajstić information content (AvgIpc) is 2.53. The first-order chi connectivity index (χ1) is 11.6. The molecular weight excluding hydrogens is 360 g/mol. The average molecular weight is 397 g/mol. The fraction of sp³-hybridized carbons (Fsp3) is 0.941. The zero-order chi connectivity index (χ0) is 18.1. The largest absolute Gasteiger partial charge is 0.500 e. The van der Waals surface area contributed by atoms with Crippen molar-refractivity contribution >= 4 is 37.4 Å². The SMILES string of the molecule is CCO[Si](CCCSCCCCCCSC(C)=O)(OCC)OCC. The third kappa shape index (κ3) is 13.7. The second-order valence-electron chi connectivity index (χ2n) is 5.45. The van der Waals surface area contributed by atoms with Crippen LogP contribution in [-0.2, 0) is 18.1 Å². The Morgan fingerprint density at radius 3 is 1.79 bits per heavy atom. The summed E-state index contributed by atoms with van der Waals surface area (Å²) in [5, 5.41) is 0.233. The van der Waals surface area contributed by atoms with Gasteiger partial charge in [0.25, 0.3) is 0 Å². The van der Waals surface area contributed by atoms with E-state index in [1.54, 1.807) is 6.92 Å². The van der Waals surface area contributed by atoms with Crippen molar-refractivity contribution < 1.29 is 18.1 Å². The lowest BCUT2D eigenvalue weighted by atomic mass is 10.2. The van der Waals surface area contributed by atoms with E-state index in [9.17, 15) is 4.79 Å². The summed E-state index contributed by atoms with van der Waals surface area (Å²) in [4.78, 5) is 10.8. The number of hydrogen-bond acceptors (Lipinski definition) is 6. The minimum absolute atomic E-state index is 0.233. The highest BCUT2D eigenvalue weighted by atomic mass is 32.2. The minimum Gasteiger partial charge on any atom is -0.374 e. The molecular formula is C17H36O4S2Si. The highest BCUT2D eigenvalue weighted by Crippen LogP contribution is 2.20. The lowest BCUT2D eigenvalue weighted by Gasteiger charge is -2.28. The molecule has 0 unspecified atom stereocenters. The molecule has 0 radical (unpaired) electrons. The first kappa shape index (κ1) is 24.5. The number of carbonyl (C=O) groups is 1. The van der Waals surface area contributed by atoms with Crippen LogP contribution < -0.4 is 0 Å². The van der Waals surface area contributed by atoms with E-state index in [4.69, 9.17) is 13.3 Å². The van der Waals surface area contributed by atoms with Gasteiger partial charge in [-0.2, -0.15) is 11.8 Å². The summed E-state index contributed by atoms with van der Waals surface area (Å²) < 4.78 is 17.6. The van der Waals surface area contributed by atoms with Gasteiger partial charge in [0.05, 0.1) is 0 Å². The Bertz CT molecular complexity index is 289. The van der Waals surface area contributed by atoms with Gasteiger partial charge in [0.2, 0.25) is 0 Å². The Morgan fingerprint density at radius 2 is 1.29 bits per heavy atom. The van der Waals surface area contributed by atoms with Crippen molar-refractivity contribution in [2.24, 2.45) is 0 Å². The van der Waals surface area contributed by atoms with Crippen LogP contribution in [0.3, 0.4) is 0 Å². The Morgan fingerprint density at radius 1 is 0.792 bits per heavy atom. The van der Waals surface area contributed by atoms with Gasteiger partial charge in [0, 0.05) is 38.5 Å². The predicted octanol–water partition coefficient (Wildman–Crippen LogP) is 5.00. The monoisotopic (exact) mass is 396 g/mol. The van der Waals surface area contributed by atoms with Gasteiger partial charge in [0.1, 0.15) is 0 Å². The van der Waals surface area contributed by atoms with Gasteiger partial charge in [0.15, 0.2) is 5.12 Å². The van der Waals surface area contributed by atoms with Crippen LogP contribution in [0.15, 0.2) is 0 Å². The summed E-state index contributed by atoms with van der Waals surface area (Å²) >= 11 is 3.46. The Balaban J connectivity index is 3.65. The van der Waals surface area contributed by atoms with E-state index in [2.05, 4.69) is 0 Å². The summed E-state index contributed by atoms with van der Waals surface area (Å²) in [5.74, 6) is 3.33. The lowest BCUT2D eigenvalue weighted by Crippen LogP contribution is -2.46. The summed E-state index contributed by atoms with van der Waals surface area (Å²) in [6, 6.07) is 0.914. The van der Waals surface area contributed by atoms with Crippen molar-refractivity contribution in [3.05, 3.63) is 0 Å². The standard InChI is InChI=1S/C17H36O4S2Si/c1-5-19-24(20-6-2,21-7-3)16-12-14-22-13-10-8-9-11-15-23-17(4)18/h5-16H2,1-4H3. The zero-order valence-corrected chi connectivity index (χ0v) is 18.6. The van der Waals surface area contributed by atoms with Crippen molar-refractivity contribution in [2.45, 2.75) is 65.8 Å². The van der Waals surface area contributed by atoms with E-state index in [-0.39, 0.29) is 5.12 Å². The molecule has 0 aromatic rings. The van der Waals surface area contributed by atoms with E-state index in [0.29, 0.717) is 19.8 Å². The first-order valence-electron chi connectivity index (χ1n) is 9.23. The van der Waals surface area contributed by atoms with Crippen LogP contribution in [0.1, 0.15) is 59.8 Å². The van der Waals surface area contributed by atoms with E-state index in [1.165, 1.54) is 36.8 Å². The molecule has 0 aromatic heterocycles. The molecule has 0 aliphatic heterocycles. The molecule has 0 spiro atoms. The number of unbranched alkanes of at least 4 members (excludes halogenated alkanes) is 3. The van der Waals surface area contributed by atoms with Crippen molar-refractivity contribution in [1.29, 1.82) is 0 Å². The molecule has 0 bridgehead atoms. The summed E-state index contributed by atoms with van der Waals surface area (Å²) in [6.07, 6.45) is 6.00. The molecule has 0 atom stereocenters. The van der Waals surface area contributed by atoms with Crippen LogP contribution in [0.25, 0.3) is 0 Å². The first-order valence-corrected chi connectivity index (χ1v) is 13.3. The van der Waals surface area contributed by atoms with Crippen LogP contribution in [0.4, 0.5) is 0 Å². The van der Waals surface area contributed by atoms with Gasteiger partial charge in [-0.3, -0.25) is 4.79 Å². The van der Waals surface area contributed by atoms with Gasteiger partial charge < -0.3 is 13.3 Å². The van der Waals surface area contributed by atoms with Crippen LogP contribution in [0.2, 0.25) is 6.04 Å². The quantitative estimate of drug-likeness (QED) is 0.255. The van der Waals surface area contributed by atoms with E-state index in [1.807, 2.05) is 32.5 Å². The molecule has 0 rings (SSSR count). The van der Waals surface area contributed by atoms with E-state index in [0.717, 1.165) is 30.4 Å². The van der Waals surface area contributed by atoms with Crippen LogP contribution in [0, 0.1) is 0 Å². The van der Waals surface area contributed by atoms with Crippen molar-refractivity contribution in [1.82, 2.24) is 0 Å². The number of hydrogen-bond donors (Lipinski definition) is 0. The molecule has 7 heteroatoms. The Kier molecular flexibility index (Phi) is 17.2. The van der Waals surface area contributed by atoms with Gasteiger partial charge in [-0.05, 0) is 51.5 Å². The third-order valence-electron chi connectivity index (χ3n) is 3.35. The van der Waals surface area contributed by atoms with Crippen LogP contribution in [0.5, 0.6) is 0 Å². The van der Waals surface area contributed by atoms with E-state index < -0.39 is 8.80 Å². The maximum absolute atomic E-state index is 10.8. The van der Waals surface area contributed by atoms with Crippen LogP contribution in [-0.4, -0.2) is 51.0 Å². The van der Waals surface area contributed by atoms with Gasteiger partial charge in [-0.15, -0.1) is 0 Å². The molecule has 0 aromatic carbocycles. The summed E-state index contributed by atoms with van der Waals surface area (Å²) in [7, 11) is -2.44. The number of thioether (sulfide) groups is 2. The van der Waals surface area contributed by atoms with Gasteiger partial charge in [-0.1, -0.05) is 24.6 Å². The molecule has 0 heterocycles. The smallest absolute Gasteiger partial charge is 0.374 e. The highest BCUT2D eigenvalue weighted by Gasteiger charge is 2.39. The molecule has 0 aliphatic carbocycles. The lowest BCUT2D eigenvalue weighted by molar-refractivity contribution is -0.109. The van der Waals surface area contributed by atoms with Gasteiger partial charge in [-0.25, -0.2) is 0 Å². The molecule has 0 aliphatic rings. The minimum atomic E-state index is -2.44. The maximum atomic E-state index is 10.8. The molecule has 0 fully saturated rings. The number of carbonyl (C=O) groups excluding carboxylic acids is 1. The Hall–Kier alpha value is 0.467. The summed E-state index contributed by atoms with van der Waals surface area (Å²) in [6.45, 7) is 9.61. The summed E-state index contributed by atoms with van der Waals surface area (Å²) in [5.41, 5.74) is 0. The molecule has 0 saturated heterocycles. The van der Waals surface area contributed by atoms with Crippen molar-refractivity contribution in [2.75, 3.05) is 37.1 Å². The van der Waals surface area contributed by atoms with E-state index >= 15 is 0 Å². The molecule has 24 heavy (non-hydrogen) atoms. The fourth-order valence-electron chi connectivity index (χ4n) is 2.37. The fourth-order valence-corrected chi connectivity index (χ4v) is 6.83. The number of rotatable bonds is 17. The highest BCUT2D eigenvalue weighted by molar-refractivity contribution is 8.13. The molecule has 0 saturated carbocycles. The topological polar surface area (TPSA) is 44.8 Å². The van der Waals surface area contributed by atoms with Crippen molar-refractivity contribution in [3.8, 4) is 0 Å². The molecule has 0 amide bonds. The molecule has 0 N–H and O–H groups in total. The van der Waals surface area contributed by atoms with Gasteiger partial charge >= 0.3 is 8.80 Å². The predicted molar refractivity (Wildman–Crippen MR) is 109 cm³/mol. The zero-order valence-electron chi connectivity index (χ0n) is 15.9. The van der Waals surface area contributed by atoms with Crippen LogP contribution >= 0.6 is 23.5 Å². The normalized spacial score (nSPS) is 11.8. The van der Waals surface area contributed by atoms with Crippen molar-refractivity contribution in [3.63, 3.8) is 0 Å². The maximum Gasteiger partial charge on any atom is 0.500 e. The molecule has 144 valence electrons. The third-order valence-corrected chi connectivity index (χ3v) is 8.56. The second-order valence-corrected chi connectivity index (χ2v) is 10.7. The Labute approximate surface area is 158 Å². The second kappa shape index (κ2) is 16.9.